The van der Waals surface area contributed by atoms with E-state index in [1.165, 1.54) is 12.0 Å². The lowest BCUT2D eigenvalue weighted by molar-refractivity contribution is 0.497. The molecule has 0 radical (unpaired) electrons. The van der Waals surface area contributed by atoms with Crippen molar-refractivity contribution in [2.24, 2.45) is 11.8 Å². The average molecular weight is 239 g/mol. The van der Waals surface area contributed by atoms with E-state index in [1.807, 2.05) is 0 Å². The lowest BCUT2D eigenvalue weighted by Crippen LogP contribution is -1.94. The highest BCUT2D eigenvalue weighted by Gasteiger charge is 2.36. The van der Waals surface area contributed by atoms with E-state index in [1.54, 1.807) is 0 Å². The minimum absolute atomic E-state index is 0.478. The van der Waals surface area contributed by atoms with E-state index in [4.69, 9.17) is 16.0 Å². The Morgan fingerprint density at radius 1 is 1.56 bits per heavy atom. The van der Waals surface area contributed by atoms with Gasteiger partial charge in [-0.3, -0.25) is 0 Å². The van der Waals surface area contributed by atoms with Gasteiger partial charge in [-0.1, -0.05) is 20.8 Å². The molecule has 2 atom stereocenters. The third kappa shape index (κ3) is 2.52. The van der Waals surface area contributed by atoms with Crippen LogP contribution in [0.2, 0.25) is 0 Å². The molecule has 0 spiro atoms. The molecule has 1 fully saturated rings. The highest BCUT2D eigenvalue weighted by molar-refractivity contribution is 6.19. The minimum atomic E-state index is 0.478. The van der Waals surface area contributed by atoms with Crippen molar-refractivity contribution in [3.63, 3.8) is 0 Å². The lowest BCUT2D eigenvalue weighted by atomic mass is 10.0. The molecule has 0 N–H and O–H groups in total. The fraction of sp³-hybridized carbons (Fsp3) is 0.571. The van der Waals surface area contributed by atoms with Gasteiger partial charge in [-0.25, -0.2) is 0 Å². The molecule has 0 bridgehead atoms. The van der Waals surface area contributed by atoms with Gasteiger partial charge in [-0.2, -0.15) is 0 Å². The van der Waals surface area contributed by atoms with Gasteiger partial charge in [-0.15, -0.1) is 11.6 Å². The van der Waals surface area contributed by atoms with E-state index >= 15 is 0 Å². The summed E-state index contributed by atoms with van der Waals surface area (Å²) in [5.41, 5.74) is 1.23. The molecule has 2 heteroatoms. The van der Waals surface area contributed by atoms with Crippen molar-refractivity contribution in [3.05, 3.63) is 29.2 Å². The van der Waals surface area contributed by atoms with E-state index in [-0.39, 0.29) is 0 Å². The van der Waals surface area contributed by atoms with E-state index in [0.29, 0.717) is 17.7 Å². The fourth-order valence-electron chi connectivity index (χ4n) is 1.91. The van der Waals surface area contributed by atoms with Crippen molar-refractivity contribution < 1.29 is 4.42 Å². The van der Waals surface area contributed by atoms with E-state index in [9.17, 15) is 0 Å². The monoisotopic (exact) mass is 238 g/mol. The second-order valence-corrected chi connectivity index (χ2v) is 5.33. The second kappa shape index (κ2) is 4.67. The van der Waals surface area contributed by atoms with Crippen molar-refractivity contribution in [2.45, 2.75) is 33.1 Å². The summed E-state index contributed by atoms with van der Waals surface area (Å²) in [4.78, 5) is 0. The van der Waals surface area contributed by atoms with Gasteiger partial charge < -0.3 is 4.42 Å². The lowest BCUT2D eigenvalue weighted by Gasteiger charge is -2.05. The molecule has 1 aromatic heterocycles. The number of allylic oxidation sites excluding steroid dienone is 1. The zero-order chi connectivity index (χ0) is 11.7. The number of rotatable bonds is 4. The predicted octanol–water partition coefficient (Wildman–Crippen LogP) is 4.68. The summed E-state index contributed by atoms with van der Waals surface area (Å²) in [5.74, 6) is 4.58. The van der Waals surface area contributed by atoms with E-state index in [2.05, 4.69) is 39.0 Å². The van der Waals surface area contributed by atoms with Crippen molar-refractivity contribution in [1.29, 1.82) is 0 Å². The highest BCUT2D eigenvalue weighted by atomic mass is 35.5. The van der Waals surface area contributed by atoms with Gasteiger partial charge in [0.2, 0.25) is 0 Å². The minimum Gasteiger partial charge on any atom is -0.461 e. The number of alkyl halides is 1. The Balaban J connectivity index is 2.12. The van der Waals surface area contributed by atoms with Crippen LogP contribution in [-0.4, -0.2) is 5.88 Å². The van der Waals surface area contributed by atoms with Crippen LogP contribution < -0.4 is 0 Å². The molecule has 0 saturated heterocycles. The fourth-order valence-corrected chi connectivity index (χ4v) is 2.29. The second-order valence-electron chi connectivity index (χ2n) is 5.07. The Labute approximate surface area is 102 Å². The smallest absolute Gasteiger partial charge is 0.127 e. The van der Waals surface area contributed by atoms with Gasteiger partial charge in [0, 0.05) is 11.8 Å². The van der Waals surface area contributed by atoms with Crippen LogP contribution in [0.3, 0.4) is 0 Å². The molecule has 1 aromatic rings. The van der Waals surface area contributed by atoms with Gasteiger partial charge in [0.15, 0.2) is 0 Å². The molecular weight excluding hydrogens is 220 g/mol. The van der Waals surface area contributed by atoms with Crippen LogP contribution in [0.4, 0.5) is 0 Å². The van der Waals surface area contributed by atoms with Crippen molar-refractivity contribution in [1.82, 2.24) is 0 Å². The van der Waals surface area contributed by atoms with Crippen LogP contribution in [-0.2, 0) is 0 Å². The first-order chi connectivity index (χ1) is 7.61. The van der Waals surface area contributed by atoms with Crippen LogP contribution in [0.1, 0.15) is 44.6 Å². The third-order valence-electron chi connectivity index (χ3n) is 3.35. The van der Waals surface area contributed by atoms with Crippen LogP contribution >= 0.6 is 11.6 Å². The molecule has 0 aliphatic heterocycles. The van der Waals surface area contributed by atoms with Crippen molar-refractivity contribution >= 4 is 17.7 Å². The first-order valence-electron chi connectivity index (χ1n) is 5.98. The molecule has 1 saturated carbocycles. The normalized spacial score (nSPS) is 25.2. The van der Waals surface area contributed by atoms with Crippen LogP contribution in [0, 0.1) is 11.8 Å². The van der Waals surface area contributed by atoms with Gasteiger partial charge >= 0.3 is 0 Å². The Hall–Kier alpha value is -0.690. The summed E-state index contributed by atoms with van der Waals surface area (Å²) >= 11 is 5.91. The Kier molecular flexibility index (Phi) is 3.44. The van der Waals surface area contributed by atoms with Gasteiger partial charge in [0.25, 0.3) is 0 Å². The Bertz CT molecular complexity index is 389. The Morgan fingerprint density at radius 3 is 2.75 bits per heavy atom. The quantitative estimate of drug-likeness (QED) is 0.694. The molecule has 1 aliphatic carbocycles. The maximum atomic E-state index is 5.91. The molecule has 1 aliphatic rings. The zero-order valence-corrected chi connectivity index (χ0v) is 10.9. The molecule has 2 rings (SSSR count). The molecule has 1 nitrogen and oxygen atoms in total. The maximum absolute atomic E-state index is 5.91. The number of hydrogen-bond acceptors (Lipinski definition) is 1. The first kappa shape index (κ1) is 11.8. The van der Waals surface area contributed by atoms with Crippen molar-refractivity contribution in [3.8, 4) is 0 Å². The van der Waals surface area contributed by atoms with Gasteiger partial charge in [0.1, 0.15) is 11.5 Å². The largest absolute Gasteiger partial charge is 0.461 e. The van der Waals surface area contributed by atoms with E-state index < -0.39 is 0 Å². The van der Waals surface area contributed by atoms with Crippen LogP contribution in [0.5, 0.6) is 0 Å². The molecular formula is C14H19ClO. The summed E-state index contributed by atoms with van der Waals surface area (Å²) in [6.07, 6.45) is 3.34. The summed E-state index contributed by atoms with van der Waals surface area (Å²) in [6, 6.07) is 4.15. The Morgan fingerprint density at radius 2 is 2.25 bits per heavy atom. The summed E-state index contributed by atoms with van der Waals surface area (Å²) < 4.78 is 5.83. The SMILES string of the molecule is CC(C)C(=Cc1ccc(C2CC2C)o1)CCl. The zero-order valence-electron chi connectivity index (χ0n) is 10.2. The molecule has 0 aromatic carbocycles. The maximum Gasteiger partial charge on any atom is 0.127 e. The number of furan rings is 1. The predicted molar refractivity (Wildman–Crippen MR) is 68.8 cm³/mol. The summed E-state index contributed by atoms with van der Waals surface area (Å²) in [6.45, 7) is 6.57. The topological polar surface area (TPSA) is 13.1 Å². The third-order valence-corrected chi connectivity index (χ3v) is 3.65. The molecule has 88 valence electrons. The summed E-state index contributed by atoms with van der Waals surface area (Å²) in [7, 11) is 0. The van der Waals surface area contributed by atoms with Crippen LogP contribution in [0.25, 0.3) is 6.08 Å². The first-order valence-corrected chi connectivity index (χ1v) is 6.51. The average Bonchev–Trinajstić information content (AvgIpc) is 2.79. The summed E-state index contributed by atoms with van der Waals surface area (Å²) in [5, 5.41) is 0. The molecule has 0 amide bonds. The van der Waals surface area contributed by atoms with Crippen LogP contribution in [0.15, 0.2) is 22.1 Å². The van der Waals surface area contributed by atoms with Gasteiger partial charge in [0.05, 0.1) is 0 Å². The highest BCUT2D eigenvalue weighted by Crippen LogP contribution is 2.47. The number of halogens is 1. The molecule has 2 unspecified atom stereocenters. The standard InChI is InChI=1S/C14H19ClO/c1-9(2)11(8-15)7-12-4-5-14(16-12)13-6-10(13)3/h4-5,7,9-10,13H,6,8H2,1-3H3. The molecule has 1 heterocycles. The number of hydrogen-bond donors (Lipinski definition) is 0. The van der Waals surface area contributed by atoms with E-state index in [0.717, 1.165) is 17.4 Å². The van der Waals surface area contributed by atoms with Crippen molar-refractivity contribution in [2.75, 3.05) is 5.88 Å². The van der Waals surface area contributed by atoms with Gasteiger partial charge in [-0.05, 0) is 42.0 Å². The molecule has 16 heavy (non-hydrogen) atoms.